The molecule has 0 aromatic rings. The van der Waals surface area contributed by atoms with E-state index in [0.717, 1.165) is 0 Å². The Labute approximate surface area is 113 Å². The molecule has 0 unspecified atom stereocenters. The molecule has 110 valence electrons. The second-order valence-electron chi connectivity index (χ2n) is 5.66. The maximum Gasteiger partial charge on any atom is 0.407 e. The highest BCUT2D eigenvalue weighted by Crippen LogP contribution is 2.19. The predicted molar refractivity (Wildman–Crippen MR) is 68.7 cm³/mol. The maximum atomic E-state index is 11.7. The molecule has 1 fully saturated rings. The van der Waals surface area contributed by atoms with Gasteiger partial charge in [0.15, 0.2) is 0 Å². The van der Waals surface area contributed by atoms with Crippen molar-refractivity contribution in [1.29, 1.82) is 0 Å². The van der Waals surface area contributed by atoms with Crippen molar-refractivity contribution in [2.24, 2.45) is 5.92 Å². The minimum absolute atomic E-state index is 0.0753. The number of amides is 1. The number of ether oxygens (including phenoxy) is 3. The molecule has 1 N–H and O–H groups in total. The normalized spacial score (nSPS) is 23.6. The van der Waals surface area contributed by atoms with E-state index in [4.69, 9.17) is 9.47 Å². The Morgan fingerprint density at radius 2 is 2.05 bits per heavy atom. The average Bonchev–Trinajstić information content (AvgIpc) is 2.29. The summed E-state index contributed by atoms with van der Waals surface area (Å²) in [6, 6.07) is -0.123. The van der Waals surface area contributed by atoms with E-state index in [9.17, 15) is 9.59 Å². The molecule has 1 aliphatic heterocycles. The zero-order valence-electron chi connectivity index (χ0n) is 12.0. The summed E-state index contributed by atoms with van der Waals surface area (Å²) < 4.78 is 15.2. The smallest absolute Gasteiger partial charge is 0.407 e. The fourth-order valence-electron chi connectivity index (χ4n) is 1.94. The summed E-state index contributed by atoms with van der Waals surface area (Å²) >= 11 is 0. The Hall–Kier alpha value is -1.30. The molecule has 1 saturated heterocycles. The molecule has 0 aliphatic carbocycles. The van der Waals surface area contributed by atoms with Crippen LogP contribution in [0.1, 0.15) is 33.6 Å². The summed E-state index contributed by atoms with van der Waals surface area (Å²) in [5.41, 5.74) is -0.535. The van der Waals surface area contributed by atoms with Crippen LogP contribution in [0.3, 0.4) is 0 Å². The lowest BCUT2D eigenvalue weighted by Gasteiger charge is -2.32. The minimum Gasteiger partial charge on any atom is -0.469 e. The zero-order chi connectivity index (χ0) is 14.5. The largest absolute Gasteiger partial charge is 0.469 e. The van der Waals surface area contributed by atoms with E-state index in [1.54, 1.807) is 0 Å². The molecule has 0 aromatic heterocycles. The van der Waals surface area contributed by atoms with Crippen molar-refractivity contribution < 1.29 is 23.8 Å². The third-order valence-electron chi connectivity index (χ3n) is 2.83. The lowest BCUT2D eigenvalue weighted by molar-refractivity contribution is -0.143. The van der Waals surface area contributed by atoms with Gasteiger partial charge in [-0.05, 0) is 27.2 Å². The first kappa shape index (κ1) is 15.8. The van der Waals surface area contributed by atoms with Crippen LogP contribution in [0.25, 0.3) is 0 Å². The highest BCUT2D eigenvalue weighted by atomic mass is 16.6. The van der Waals surface area contributed by atoms with Crippen LogP contribution >= 0.6 is 0 Å². The molecular weight excluding hydrogens is 250 g/mol. The van der Waals surface area contributed by atoms with Crippen LogP contribution in [0.2, 0.25) is 0 Å². The number of methoxy groups -OCH3 is 1. The quantitative estimate of drug-likeness (QED) is 0.788. The van der Waals surface area contributed by atoms with Gasteiger partial charge in [-0.15, -0.1) is 0 Å². The molecule has 0 saturated carbocycles. The molecule has 0 aromatic carbocycles. The number of rotatable bonds is 3. The second kappa shape index (κ2) is 6.75. The van der Waals surface area contributed by atoms with Crippen molar-refractivity contribution in [2.45, 2.75) is 45.3 Å². The highest BCUT2D eigenvalue weighted by Gasteiger charge is 2.30. The van der Waals surface area contributed by atoms with Gasteiger partial charge in [-0.25, -0.2) is 4.79 Å². The summed E-state index contributed by atoms with van der Waals surface area (Å²) in [7, 11) is 1.35. The molecule has 0 bridgehead atoms. The molecule has 1 aliphatic rings. The molecule has 6 heteroatoms. The number of esters is 1. The van der Waals surface area contributed by atoms with Crippen molar-refractivity contribution in [3.8, 4) is 0 Å². The van der Waals surface area contributed by atoms with Crippen LogP contribution < -0.4 is 5.32 Å². The Morgan fingerprint density at radius 3 is 2.63 bits per heavy atom. The third kappa shape index (κ3) is 5.92. The van der Waals surface area contributed by atoms with E-state index in [2.05, 4.69) is 10.1 Å². The Kier molecular flexibility index (Phi) is 5.60. The zero-order valence-corrected chi connectivity index (χ0v) is 12.0. The SMILES string of the molecule is COC(=O)C[C@@H]1COCC[C@H]1NC(=O)OC(C)(C)C. The number of hydrogen-bond acceptors (Lipinski definition) is 5. The standard InChI is InChI=1S/C13H23NO5/c1-13(2,3)19-12(16)14-10-5-6-18-8-9(10)7-11(15)17-4/h9-10H,5-8H2,1-4H3,(H,14,16)/t9-,10-/m1/s1. The number of nitrogens with one attached hydrogen (secondary N) is 1. The number of alkyl carbamates (subject to hydrolysis) is 1. The van der Waals surface area contributed by atoms with Gasteiger partial charge in [0.25, 0.3) is 0 Å². The van der Waals surface area contributed by atoms with Crippen LogP contribution in [-0.4, -0.2) is 44.0 Å². The molecule has 1 heterocycles. The number of carbonyl (C=O) groups excluding carboxylic acids is 2. The van der Waals surface area contributed by atoms with Crippen LogP contribution in [0.5, 0.6) is 0 Å². The molecule has 2 atom stereocenters. The van der Waals surface area contributed by atoms with Gasteiger partial charge < -0.3 is 19.5 Å². The molecule has 19 heavy (non-hydrogen) atoms. The van der Waals surface area contributed by atoms with Gasteiger partial charge in [0.1, 0.15) is 5.60 Å². The highest BCUT2D eigenvalue weighted by molar-refractivity contribution is 5.70. The van der Waals surface area contributed by atoms with Crippen LogP contribution in [-0.2, 0) is 19.0 Å². The second-order valence-corrected chi connectivity index (χ2v) is 5.66. The van der Waals surface area contributed by atoms with Gasteiger partial charge in [-0.2, -0.15) is 0 Å². The summed E-state index contributed by atoms with van der Waals surface area (Å²) in [5, 5.41) is 2.81. The first-order valence-corrected chi connectivity index (χ1v) is 6.46. The van der Waals surface area contributed by atoms with Crippen LogP contribution in [0.15, 0.2) is 0 Å². The maximum absolute atomic E-state index is 11.7. The first-order chi connectivity index (χ1) is 8.81. The van der Waals surface area contributed by atoms with Crippen molar-refractivity contribution in [3.05, 3.63) is 0 Å². The molecule has 0 spiro atoms. The Morgan fingerprint density at radius 1 is 1.37 bits per heavy atom. The van der Waals surface area contributed by atoms with Crippen LogP contribution in [0, 0.1) is 5.92 Å². The number of carbonyl (C=O) groups is 2. The van der Waals surface area contributed by atoms with Gasteiger partial charge in [0.05, 0.1) is 20.1 Å². The van der Waals surface area contributed by atoms with Crippen molar-refractivity contribution in [2.75, 3.05) is 20.3 Å². The Bertz CT molecular complexity index is 323. The van der Waals surface area contributed by atoms with Gasteiger partial charge >= 0.3 is 12.1 Å². The van der Waals surface area contributed by atoms with E-state index in [-0.39, 0.29) is 24.3 Å². The summed E-state index contributed by atoms with van der Waals surface area (Å²) in [4.78, 5) is 23.1. The van der Waals surface area contributed by atoms with Crippen LogP contribution in [0.4, 0.5) is 4.79 Å². The van der Waals surface area contributed by atoms with Gasteiger partial charge in [-0.3, -0.25) is 4.79 Å². The fraction of sp³-hybridized carbons (Fsp3) is 0.846. The Balaban J connectivity index is 2.52. The summed E-state index contributed by atoms with van der Waals surface area (Å²) in [5.74, 6) is -0.375. The van der Waals surface area contributed by atoms with Gasteiger partial charge in [-0.1, -0.05) is 0 Å². The lowest BCUT2D eigenvalue weighted by Crippen LogP contribution is -2.47. The third-order valence-corrected chi connectivity index (χ3v) is 2.83. The molecule has 0 radical (unpaired) electrons. The monoisotopic (exact) mass is 273 g/mol. The summed E-state index contributed by atoms with van der Waals surface area (Å²) in [6.07, 6.45) is 0.437. The van der Waals surface area contributed by atoms with Gasteiger partial charge in [0.2, 0.25) is 0 Å². The average molecular weight is 273 g/mol. The molecule has 1 rings (SSSR count). The van der Waals surface area contributed by atoms with E-state index < -0.39 is 11.7 Å². The number of hydrogen-bond donors (Lipinski definition) is 1. The topological polar surface area (TPSA) is 73.9 Å². The summed E-state index contributed by atoms with van der Waals surface area (Å²) in [6.45, 7) is 6.43. The predicted octanol–water partition coefficient (Wildman–Crippen LogP) is 1.48. The van der Waals surface area contributed by atoms with E-state index in [1.807, 2.05) is 20.8 Å². The van der Waals surface area contributed by atoms with Gasteiger partial charge in [0, 0.05) is 18.6 Å². The molecular formula is C13H23NO5. The lowest BCUT2D eigenvalue weighted by atomic mass is 9.93. The fourth-order valence-corrected chi connectivity index (χ4v) is 1.94. The first-order valence-electron chi connectivity index (χ1n) is 6.46. The van der Waals surface area contributed by atoms with Crippen molar-refractivity contribution in [3.63, 3.8) is 0 Å². The van der Waals surface area contributed by atoms with Crippen molar-refractivity contribution >= 4 is 12.1 Å². The molecule has 6 nitrogen and oxygen atoms in total. The molecule has 1 amide bonds. The van der Waals surface area contributed by atoms with Crippen molar-refractivity contribution in [1.82, 2.24) is 5.32 Å². The van der Waals surface area contributed by atoms with E-state index in [1.165, 1.54) is 7.11 Å². The van der Waals surface area contributed by atoms with E-state index in [0.29, 0.717) is 19.6 Å². The minimum atomic E-state index is -0.535. The van der Waals surface area contributed by atoms with E-state index >= 15 is 0 Å².